The molecule has 1 aliphatic heterocycles. The van der Waals surface area contributed by atoms with E-state index in [9.17, 15) is 0 Å². The largest absolute Gasteiger partial charge is 0.343 e. The van der Waals surface area contributed by atoms with Gasteiger partial charge in [0.2, 0.25) is 0 Å². The second kappa shape index (κ2) is 3.94. The van der Waals surface area contributed by atoms with Crippen LogP contribution < -0.4 is 11.1 Å². The number of nitrogens with two attached hydrogens (primary N) is 1. The first-order chi connectivity index (χ1) is 8.25. The molecule has 86 valence electrons. The summed E-state index contributed by atoms with van der Waals surface area (Å²) in [6.45, 7) is 2.10. The highest BCUT2D eigenvalue weighted by atomic mass is 32.1. The molecule has 17 heavy (non-hydrogen) atoms. The van der Waals surface area contributed by atoms with Crippen LogP contribution in [0.25, 0.3) is 10.4 Å². The second-order valence-electron chi connectivity index (χ2n) is 3.91. The molecular formula is C12H12N4S. The van der Waals surface area contributed by atoms with Crippen LogP contribution in [-0.2, 0) is 0 Å². The quantitative estimate of drug-likeness (QED) is 0.808. The number of pyridine rings is 1. The third-order valence-electron chi connectivity index (χ3n) is 2.76. The molecule has 3 rings (SSSR count). The molecule has 0 saturated carbocycles. The Balaban J connectivity index is 2.13. The maximum Gasteiger partial charge on any atom is 0.171 e. The summed E-state index contributed by atoms with van der Waals surface area (Å²) in [6, 6.07) is 4.01. The van der Waals surface area contributed by atoms with Crippen molar-refractivity contribution in [3.8, 4) is 10.4 Å². The van der Waals surface area contributed by atoms with Crippen molar-refractivity contribution < 1.29 is 0 Å². The van der Waals surface area contributed by atoms with Crippen LogP contribution in [-0.4, -0.2) is 17.5 Å². The summed E-state index contributed by atoms with van der Waals surface area (Å²) in [5.41, 5.74) is 9.22. The van der Waals surface area contributed by atoms with E-state index in [0.29, 0.717) is 0 Å². The minimum atomic E-state index is -0.331. The Morgan fingerprint density at radius 1 is 1.47 bits per heavy atom. The van der Waals surface area contributed by atoms with Crippen molar-refractivity contribution in [3.05, 3.63) is 35.7 Å². The van der Waals surface area contributed by atoms with Gasteiger partial charge >= 0.3 is 0 Å². The fourth-order valence-corrected chi connectivity index (χ4v) is 3.09. The van der Waals surface area contributed by atoms with Gasteiger partial charge in [0.1, 0.15) is 5.00 Å². The third kappa shape index (κ3) is 1.73. The Kier molecular flexibility index (Phi) is 2.42. The molecule has 0 amide bonds. The van der Waals surface area contributed by atoms with Crippen LogP contribution >= 0.6 is 11.3 Å². The first kappa shape index (κ1) is 10.4. The molecule has 5 heteroatoms. The average Bonchev–Trinajstić information content (AvgIpc) is 2.67. The lowest BCUT2D eigenvalue weighted by molar-refractivity contribution is 0.810. The predicted molar refractivity (Wildman–Crippen MR) is 71.5 cm³/mol. The second-order valence-corrected chi connectivity index (χ2v) is 4.93. The van der Waals surface area contributed by atoms with Gasteiger partial charge in [0.05, 0.1) is 0 Å². The van der Waals surface area contributed by atoms with E-state index in [1.54, 1.807) is 17.5 Å². The van der Waals surface area contributed by atoms with Crippen molar-refractivity contribution >= 4 is 22.6 Å². The third-order valence-corrected chi connectivity index (χ3v) is 4.05. The minimum Gasteiger partial charge on any atom is -0.343 e. The zero-order valence-electron chi connectivity index (χ0n) is 9.34. The topological polar surface area (TPSA) is 63.3 Å². The summed E-state index contributed by atoms with van der Waals surface area (Å²) in [6.07, 6.45) is 5.17. The summed E-state index contributed by atoms with van der Waals surface area (Å²) >= 11 is 1.70. The van der Waals surface area contributed by atoms with E-state index < -0.39 is 0 Å². The van der Waals surface area contributed by atoms with Crippen LogP contribution in [0.2, 0.25) is 0 Å². The molecule has 3 N–H and O–H groups in total. The first-order valence-corrected chi connectivity index (χ1v) is 6.16. The number of aliphatic imine (C=N–C) groups is 1. The normalized spacial score (nSPS) is 17.6. The lowest BCUT2D eigenvalue weighted by Crippen LogP contribution is -2.29. The van der Waals surface area contributed by atoms with Gasteiger partial charge in [0.25, 0.3) is 0 Å². The van der Waals surface area contributed by atoms with Crippen LogP contribution in [0.15, 0.2) is 29.5 Å². The summed E-state index contributed by atoms with van der Waals surface area (Å²) in [4.78, 5) is 9.54. The Bertz CT molecular complexity index is 574. The molecule has 0 aliphatic carbocycles. The van der Waals surface area contributed by atoms with Gasteiger partial charge < -0.3 is 5.32 Å². The average molecular weight is 244 g/mol. The molecule has 0 spiro atoms. The predicted octanol–water partition coefficient (Wildman–Crippen LogP) is 2.21. The van der Waals surface area contributed by atoms with Gasteiger partial charge in [-0.1, -0.05) is 6.07 Å². The van der Waals surface area contributed by atoms with E-state index >= 15 is 0 Å². The van der Waals surface area contributed by atoms with Crippen molar-refractivity contribution in [2.75, 3.05) is 5.32 Å². The molecule has 4 nitrogen and oxygen atoms in total. The van der Waals surface area contributed by atoms with Crippen molar-refractivity contribution in [2.45, 2.75) is 13.2 Å². The zero-order chi connectivity index (χ0) is 11.8. The Hall–Kier alpha value is -1.72. The van der Waals surface area contributed by atoms with Gasteiger partial charge in [-0.05, 0) is 18.6 Å². The smallest absolute Gasteiger partial charge is 0.171 e. The molecule has 1 unspecified atom stereocenters. The fraction of sp³-hybridized carbons (Fsp3) is 0.167. The van der Waals surface area contributed by atoms with Gasteiger partial charge in [0.15, 0.2) is 6.29 Å². The van der Waals surface area contributed by atoms with Crippen molar-refractivity contribution in [2.24, 2.45) is 10.7 Å². The molecule has 0 saturated heterocycles. The van der Waals surface area contributed by atoms with Crippen LogP contribution in [0.4, 0.5) is 5.00 Å². The van der Waals surface area contributed by atoms with Crippen molar-refractivity contribution in [3.63, 3.8) is 0 Å². The molecule has 0 aromatic carbocycles. The van der Waals surface area contributed by atoms with Gasteiger partial charge in [-0.3, -0.25) is 15.7 Å². The summed E-state index contributed by atoms with van der Waals surface area (Å²) in [5, 5.41) is 4.26. The zero-order valence-corrected chi connectivity index (χ0v) is 10.2. The fourth-order valence-electron chi connectivity index (χ4n) is 1.89. The van der Waals surface area contributed by atoms with E-state index in [4.69, 9.17) is 5.73 Å². The monoisotopic (exact) mass is 244 g/mol. The number of hydrogen-bond donors (Lipinski definition) is 2. The van der Waals surface area contributed by atoms with Crippen LogP contribution in [0.5, 0.6) is 0 Å². The number of rotatable bonds is 1. The van der Waals surface area contributed by atoms with E-state index in [2.05, 4.69) is 28.3 Å². The number of nitrogens with one attached hydrogen (secondary N) is 1. The highest BCUT2D eigenvalue weighted by Crippen LogP contribution is 2.39. The summed E-state index contributed by atoms with van der Waals surface area (Å²) in [5.74, 6) is 0. The van der Waals surface area contributed by atoms with Gasteiger partial charge in [-0.15, -0.1) is 11.3 Å². The first-order valence-electron chi connectivity index (χ1n) is 5.35. The van der Waals surface area contributed by atoms with E-state index in [-0.39, 0.29) is 6.29 Å². The molecular weight excluding hydrogens is 232 g/mol. The molecule has 0 radical (unpaired) electrons. The number of nitrogens with zero attached hydrogens (tertiary/aromatic N) is 2. The molecule has 1 atom stereocenters. The Morgan fingerprint density at radius 3 is 3.12 bits per heavy atom. The number of fused-ring (bicyclic) bond motifs is 1. The molecule has 0 fully saturated rings. The van der Waals surface area contributed by atoms with Crippen LogP contribution in [0.1, 0.15) is 11.1 Å². The lowest BCUT2D eigenvalue weighted by Gasteiger charge is -2.14. The maximum absolute atomic E-state index is 5.73. The number of aromatic nitrogens is 1. The molecule has 2 aromatic heterocycles. The Labute approximate surface area is 103 Å². The van der Waals surface area contributed by atoms with Gasteiger partial charge in [0, 0.05) is 34.6 Å². The molecule has 0 bridgehead atoms. The van der Waals surface area contributed by atoms with Gasteiger partial charge in [-0.2, -0.15) is 0 Å². The number of anilines is 1. The highest BCUT2D eigenvalue weighted by molar-refractivity contribution is 7.20. The summed E-state index contributed by atoms with van der Waals surface area (Å²) in [7, 11) is 0. The highest BCUT2D eigenvalue weighted by Gasteiger charge is 2.19. The van der Waals surface area contributed by atoms with Crippen molar-refractivity contribution in [1.82, 2.24) is 4.98 Å². The standard InChI is InChI=1S/C12H12N4S/c1-7-9-6-15-12(13)16-11(9)17-10(7)8-3-2-4-14-5-8/h2-6,12,16H,13H2,1H3. The SMILES string of the molecule is Cc1c(-c2cccnc2)sc2c1C=NC(N)N2. The maximum atomic E-state index is 5.73. The molecule has 2 aromatic rings. The number of thiophene rings is 1. The van der Waals surface area contributed by atoms with E-state index in [1.807, 2.05) is 18.5 Å². The van der Waals surface area contributed by atoms with Gasteiger partial charge in [-0.25, -0.2) is 0 Å². The Morgan fingerprint density at radius 2 is 2.35 bits per heavy atom. The lowest BCUT2D eigenvalue weighted by atomic mass is 10.1. The number of hydrogen-bond acceptors (Lipinski definition) is 5. The summed E-state index contributed by atoms with van der Waals surface area (Å²) < 4.78 is 0. The molecule has 1 aliphatic rings. The van der Waals surface area contributed by atoms with Crippen molar-refractivity contribution in [1.29, 1.82) is 0 Å². The van der Waals surface area contributed by atoms with E-state index in [0.717, 1.165) is 16.1 Å². The van der Waals surface area contributed by atoms with Crippen LogP contribution in [0.3, 0.4) is 0 Å². The molecule has 3 heterocycles. The van der Waals surface area contributed by atoms with E-state index in [1.165, 1.54) is 10.4 Å². The van der Waals surface area contributed by atoms with Crippen LogP contribution in [0, 0.1) is 6.92 Å². The minimum absolute atomic E-state index is 0.331.